The zero-order chi connectivity index (χ0) is 14.4. The second kappa shape index (κ2) is 6.70. The lowest BCUT2D eigenvalue weighted by Crippen LogP contribution is -2.24. The fraction of sp³-hybridized carbons (Fsp3) is 0.250. The minimum absolute atomic E-state index is 0.131. The van der Waals surface area contributed by atoms with Crippen LogP contribution in [-0.2, 0) is 0 Å². The summed E-state index contributed by atoms with van der Waals surface area (Å²) in [5, 5.41) is 6.06. The van der Waals surface area contributed by atoms with Crippen LogP contribution in [0.4, 0.5) is 11.4 Å². The van der Waals surface area contributed by atoms with Gasteiger partial charge in [-0.15, -0.1) is 0 Å². The normalized spacial score (nSPS) is 10.1. The van der Waals surface area contributed by atoms with E-state index in [0.29, 0.717) is 12.2 Å². The second-order valence-electron chi connectivity index (χ2n) is 4.68. The minimum Gasteiger partial charge on any atom is -0.354 e. The van der Waals surface area contributed by atoms with Gasteiger partial charge < -0.3 is 10.6 Å². The number of rotatable bonds is 5. The van der Waals surface area contributed by atoms with Gasteiger partial charge >= 0.3 is 0 Å². The van der Waals surface area contributed by atoms with Gasteiger partial charge in [-0.2, -0.15) is 0 Å². The van der Waals surface area contributed by atoms with E-state index in [0.717, 1.165) is 17.8 Å². The van der Waals surface area contributed by atoms with Crippen LogP contribution in [-0.4, -0.2) is 17.4 Å². The molecule has 1 aromatic heterocycles. The number of carbonyl (C=O) groups excluding carboxylic acids is 1. The smallest absolute Gasteiger partial charge is 0.269 e. The molecule has 0 radical (unpaired) electrons. The van der Waals surface area contributed by atoms with Crippen LogP contribution >= 0.6 is 0 Å². The Hall–Kier alpha value is -2.36. The number of benzene rings is 1. The predicted octanol–water partition coefficient (Wildman–Crippen LogP) is 3.27. The highest BCUT2D eigenvalue weighted by atomic mass is 16.1. The van der Waals surface area contributed by atoms with Gasteiger partial charge in [-0.25, -0.2) is 4.98 Å². The van der Waals surface area contributed by atoms with Crippen LogP contribution < -0.4 is 10.6 Å². The largest absolute Gasteiger partial charge is 0.354 e. The molecule has 20 heavy (non-hydrogen) atoms. The van der Waals surface area contributed by atoms with Crippen LogP contribution in [0.15, 0.2) is 42.6 Å². The van der Waals surface area contributed by atoms with E-state index in [9.17, 15) is 4.79 Å². The number of nitrogens with zero attached hydrogens (tertiary/aromatic N) is 1. The number of aryl methyl sites for hydroxylation is 1. The molecule has 0 aliphatic carbocycles. The number of hydrogen-bond donors (Lipinski definition) is 2. The molecule has 1 aromatic carbocycles. The van der Waals surface area contributed by atoms with E-state index in [1.54, 1.807) is 12.3 Å². The maximum absolute atomic E-state index is 11.7. The fourth-order valence-electron chi connectivity index (χ4n) is 1.82. The van der Waals surface area contributed by atoms with Crippen LogP contribution in [0.25, 0.3) is 0 Å². The molecule has 0 aliphatic heterocycles. The molecule has 0 atom stereocenters. The number of aromatic nitrogens is 1. The molecule has 0 saturated carbocycles. The van der Waals surface area contributed by atoms with E-state index < -0.39 is 0 Å². The monoisotopic (exact) mass is 269 g/mol. The summed E-state index contributed by atoms with van der Waals surface area (Å²) in [5.74, 6) is -0.131. The van der Waals surface area contributed by atoms with Gasteiger partial charge in [0.25, 0.3) is 5.91 Å². The van der Waals surface area contributed by atoms with Crippen LogP contribution in [0.2, 0.25) is 0 Å². The molecule has 2 N–H and O–H groups in total. The van der Waals surface area contributed by atoms with Gasteiger partial charge in [0.05, 0.1) is 11.9 Å². The van der Waals surface area contributed by atoms with E-state index in [1.165, 1.54) is 5.56 Å². The van der Waals surface area contributed by atoms with E-state index in [1.807, 2.05) is 38.1 Å². The SMILES string of the molecule is CCCNC(=O)c1ccc(Nc2cccc(C)c2)cn1. The lowest BCUT2D eigenvalue weighted by molar-refractivity contribution is 0.0949. The Labute approximate surface area is 119 Å². The van der Waals surface area contributed by atoms with Crippen LogP contribution in [0, 0.1) is 6.92 Å². The van der Waals surface area contributed by atoms with Crippen molar-refractivity contribution >= 4 is 17.3 Å². The summed E-state index contributed by atoms with van der Waals surface area (Å²) in [6.45, 7) is 4.73. The molecule has 0 fully saturated rings. The summed E-state index contributed by atoms with van der Waals surface area (Å²) in [7, 11) is 0. The quantitative estimate of drug-likeness (QED) is 0.876. The molecule has 0 spiro atoms. The van der Waals surface area contributed by atoms with Crippen molar-refractivity contribution in [2.24, 2.45) is 0 Å². The standard InChI is InChI=1S/C16H19N3O/c1-3-9-17-16(20)15-8-7-14(11-18-15)19-13-6-4-5-12(2)10-13/h4-8,10-11,19H,3,9H2,1-2H3,(H,17,20). The van der Waals surface area contributed by atoms with Crippen molar-refractivity contribution in [2.45, 2.75) is 20.3 Å². The molecule has 2 aromatic rings. The van der Waals surface area contributed by atoms with Gasteiger partial charge in [-0.3, -0.25) is 4.79 Å². The molecule has 0 aliphatic rings. The number of hydrogen-bond acceptors (Lipinski definition) is 3. The molecule has 1 heterocycles. The zero-order valence-corrected chi connectivity index (χ0v) is 11.8. The van der Waals surface area contributed by atoms with Gasteiger partial charge in [0.15, 0.2) is 0 Å². The number of carbonyl (C=O) groups is 1. The molecular formula is C16H19N3O. The van der Waals surface area contributed by atoms with E-state index in [2.05, 4.69) is 21.7 Å². The maximum Gasteiger partial charge on any atom is 0.269 e. The number of pyridine rings is 1. The Bertz CT molecular complexity index is 579. The Balaban J connectivity index is 2.03. The second-order valence-corrected chi connectivity index (χ2v) is 4.68. The van der Waals surface area contributed by atoms with E-state index >= 15 is 0 Å². The lowest BCUT2D eigenvalue weighted by atomic mass is 10.2. The summed E-state index contributed by atoms with van der Waals surface area (Å²) in [6, 6.07) is 11.7. The number of nitrogens with one attached hydrogen (secondary N) is 2. The summed E-state index contributed by atoms with van der Waals surface area (Å²) in [5.41, 5.74) is 3.50. The summed E-state index contributed by atoms with van der Waals surface area (Å²) in [6.07, 6.45) is 2.59. The third kappa shape index (κ3) is 3.82. The van der Waals surface area contributed by atoms with Gasteiger partial charge in [-0.05, 0) is 43.2 Å². The average Bonchev–Trinajstić information content (AvgIpc) is 2.45. The summed E-state index contributed by atoms with van der Waals surface area (Å²) in [4.78, 5) is 15.9. The van der Waals surface area contributed by atoms with Crippen molar-refractivity contribution in [1.29, 1.82) is 0 Å². The highest BCUT2D eigenvalue weighted by Gasteiger charge is 2.05. The van der Waals surface area contributed by atoms with Gasteiger partial charge in [0.2, 0.25) is 0 Å². The van der Waals surface area contributed by atoms with Crippen LogP contribution in [0.1, 0.15) is 29.4 Å². The van der Waals surface area contributed by atoms with Crippen molar-refractivity contribution < 1.29 is 4.79 Å². The summed E-state index contributed by atoms with van der Waals surface area (Å²) >= 11 is 0. The highest BCUT2D eigenvalue weighted by Crippen LogP contribution is 2.16. The third-order valence-corrected chi connectivity index (χ3v) is 2.84. The summed E-state index contributed by atoms with van der Waals surface area (Å²) < 4.78 is 0. The Kier molecular flexibility index (Phi) is 4.71. The molecule has 0 unspecified atom stereocenters. The molecule has 4 heteroatoms. The topological polar surface area (TPSA) is 54.0 Å². The highest BCUT2D eigenvalue weighted by molar-refractivity contribution is 5.92. The molecule has 0 saturated heterocycles. The number of amides is 1. The van der Waals surface area contributed by atoms with Crippen molar-refractivity contribution in [1.82, 2.24) is 10.3 Å². The first-order chi connectivity index (χ1) is 9.69. The Morgan fingerprint density at radius 2 is 2.05 bits per heavy atom. The van der Waals surface area contributed by atoms with E-state index in [-0.39, 0.29) is 5.91 Å². The molecule has 1 amide bonds. The average molecular weight is 269 g/mol. The lowest BCUT2D eigenvalue weighted by Gasteiger charge is -2.08. The first kappa shape index (κ1) is 14.1. The van der Waals surface area contributed by atoms with Crippen molar-refractivity contribution in [3.63, 3.8) is 0 Å². The van der Waals surface area contributed by atoms with Crippen molar-refractivity contribution in [3.8, 4) is 0 Å². The zero-order valence-electron chi connectivity index (χ0n) is 11.8. The van der Waals surface area contributed by atoms with Crippen LogP contribution in [0.3, 0.4) is 0 Å². The van der Waals surface area contributed by atoms with Crippen molar-refractivity contribution in [3.05, 3.63) is 53.9 Å². The number of anilines is 2. The van der Waals surface area contributed by atoms with Gasteiger partial charge in [0, 0.05) is 12.2 Å². The molecule has 4 nitrogen and oxygen atoms in total. The van der Waals surface area contributed by atoms with Gasteiger partial charge in [0.1, 0.15) is 5.69 Å². The predicted molar refractivity (Wildman–Crippen MR) is 81.3 cm³/mol. The molecule has 2 rings (SSSR count). The first-order valence-electron chi connectivity index (χ1n) is 6.77. The van der Waals surface area contributed by atoms with Gasteiger partial charge in [-0.1, -0.05) is 19.1 Å². The molecule has 104 valence electrons. The van der Waals surface area contributed by atoms with Crippen molar-refractivity contribution in [2.75, 3.05) is 11.9 Å². The molecule has 0 bridgehead atoms. The fourth-order valence-corrected chi connectivity index (χ4v) is 1.82. The first-order valence-corrected chi connectivity index (χ1v) is 6.77. The maximum atomic E-state index is 11.7. The Morgan fingerprint density at radius 1 is 1.20 bits per heavy atom. The Morgan fingerprint density at radius 3 is 2.70 bits per heavy atom. The van der Waals surface area contributed by atoms with E-state index in [4.69, 9.17) is 0 Å². The molecular weight excluding hydrogens is 250 g/mol. The minimum atomic E-state index is -0.131. The van der Waals surface area contributed by atoms with Crippen LogP contribution in [0.5, 0.6) is 0 Å². The third-order valence-electron chi connectivity index (χ3n) is 2.84.